The molecular weight excluding hydrogens is 400 g/mol. The number of halogens is 1. The summed E-state index contributed by atoms with van der Waals surface area (Å²) >= 11 is 7.63. The van der Waals surface area contributed by atoms with E-state index in [4.69, 9.17) is 25.6 Å². The monoisotopic (exact) mass is 418 g/mol. The van der Waals surface area contributed by atoms with Gasteiger partial charge in [-0.1, -0.05) is 28.9 Å². The van der Waals surface area contributed by atoms with E-state index in [0.29, 0.717) is 33.5 Å². The van der Waals surface area contributed by atoms with E-state index in [1.807, 2.05) is 31.2 Å². The van der Waals surface area contributed by atoms with E-state index < -0.39 is 0 Å². The fraction of sp³-hybridized carbons (Fsp3) is 0.200. The largest absolute Gasteiger partial charge is 0.495 e. The fourth-order valence-electron chi connectivity index (χ4n) is 2.56. The van der Waals surface area contributed by atoms with Gasteiger partial charge in [0.25, 0.3) is 5.91 Å². The van der Waals surface area contributed by atoms with Gasteiger partial charge in [-0.2, -0.15) is 0 Å². The van der Waals surface area contributed by atoms with Gasteiger partial charge in [0, 0.05) is 23.1 Å². The van der Waals surface area contributed by atoms with Crippen LogP contribution >= 0.6 is 23.4 Å². The maximum absolute atomic E-state index is 12.9. The lowest BCUT2D eigenvalue weighted by Gasteiger charge is -2.14. The van der Waals surface area contributed by atoms with Crippen LogP contribution in [-0.4, -0.2) is 25.3 Å². The summed E-state index contributed by atoms with van der Waals surface area (Å²) in [6.07, 6.45) is 0. The molecule has 0 spiro atoms. The van der Waals surface area contributed by atoms with Crippen LogP contribution in [0, 0.1) is 6.92 Å². The summed E-state index contributed by atoms with van der Waals surface area (Å²) in [6, 6.07) is 12.5. The second-order valence-corrected chi connectivity index (χ2v) is 7.28. The van der Waals surface area contributed by atoms with Crippen LogP contribution in [0.4, 0.5) is 5.69 Å². The van der Waals surface area contributed by atoms with Gasteiger partial charge in [0.15, 0.2) is 0 Å². The average Bonchev–Trinajstić information content (AvgIpc) is 3.12. The van der Waals surface area contributed by atoms with Crippen molar-refractivity contribution in [2.24, 2.45) is 0 Å². The first-order chi connectivity index (χ1) is 13.5. The van der Waals surface area contributed by atoms with Gasteiger partial charge in [0.2, 0.25) is 0 Å². The predicted molar refractivity (Wildman–Crippen MR) is 110 cm³/mol. The molecule has 0 bridgehead atoms. The van der Waals surface area contributed by atoms with E-state index >= 15 is 0 Å². The Balaban J connectivity index is 1.81. The highest BCUT2D eigenvalue weighted by Crippen LogP contribution is 2.36. The maximum atomic E-state index is 12.9. The van der Waals surface area contributed by atoms with Crippen LogP contribution < -0.4 is 14.8 Å². The summed E-state index contributed by atoms with van der Waals surface area (Å²) in [5, 5.41) is 7.15. The predicted octanol–water partition coefficient (Wildman–Crippen LogP) is 5.20. The van der Waals surface area contributed by atoms with Crippen LogP contribution in [0.2, 0.25) is 5.02 Å². The minimum atomic E-state index is -0.264. The molecule has 2 aromatic carbocycles. The van der Waals surface area contributed by atoms with Crippen molar-refractivity contribution in [2.45, 2.75) is 17.6 Å². The number of benzene rings is 2. The SMILES string of the molecule is COc1cc(NC(=O)c2ccccc2SCc2cc(C)no2)c(OC)cc1Cl. The summed E-state index contributed by atoms with van der Waals surface area (Å²) < 4.78 is 15.8. The Bertz CT molecular complexity index is 990. The van der Waals surface area contributed by atoms with E-state index in [0.717, 1.165) is 16.3 Å². The number of amides is 1. The van der Waals surface area contributed by atoms with E-state index in [1.54, 1.807) is 18.2 Å². The van der Waals surface area contributed by atoms with Crippen molar-refractivity contribution in [3.8, 4) is 11.5 Å². The number of ether oxygens (including phenoxy) is 2. The quantitative estimate of drug-likeness (QED) is 0.532. The number of carbonyl (C=O) groups is 1. The van der Waals surface area contributed by atoms with Gasteiger partial charge in [-0.25, -0.2) is 0 Å². The summed E-state index contributed by atoms with van der Waals surface area (Å²) in [4.78, 5) is 13.7. The number of hydrogen-bond acceptors (Lipinski definition) is 6. The molecule has 1 aromatic heterocycles. The number of thioether (sulfide) groups is 1. The molecule has 3 aromatic rings. The number of aryl methyl sites for hydroxylation is 1. The number of nitrogens with one attached hydrogen (secondary N) is 1. The highest BCUT2D eigenvalue weighted by Gasteiger charge is 2.16. The van der Waals surface area contributed by atoms with E-state index in [1.165, 1.54) is 26.0 Å². The molecule has 146 valence electrons. The molecule has 1 heterocycles. The highest BCUT2D eigenvalue weighted by atomic mass is 35.5. The van der Waals surface area contributed by atoms with Crippen molar-refractivity contribution in [2.75, 3.05) is 19.5 Å². The Morgan fingerprint density at radius 2 is 1.93 bits per heavy atom. The molecule has 1 N–H and O–H groups in total. The molecule has 8 heteroatoms. The lowest BCUT2D eigenvalue weighted by Crippen LogP contribution is -2.14. The smallest absolute Gasteiger partial charge is 0.256 e. The minimum Gasteiger partial charge on any atom is -0.495 e. The van der Waals surface area contributed by atoms with Crippen LogP contribution in [0.15, 0.2) is 51.9 Å². The molecule has 0 aliphatic heterocycles. The van der Waals surface area contributed by atoms with Gasteiger partial charge in [0.05, 0.1) is 41.9 Å². The van der Waals surface area contributed by atoms with E-state index in [9.17, 15) is 4.79 Å². The fourth-order valence-corrected chi connectivity index (χ4v) is 3.72. The Labute approximate surface area is 172 Å². The van der Waals surface area contributed by atoms with Crippen molar-refractivity contribution in [1.82, 2.24) is 5.16 Å². The third-order valence-electron chi connectivity index (χ3n) is 3.90. The third-order valence-corrected chi connectivity index (χ3v) is 5.29. The Morgan fingerprint density at radius 1 is 1.18 bits per heavy atom. The van der Waals surface area contributed by atoms with Crippen LogP contribution in [0.25, 0.3) is 0 Å². The molecule has 0 fully saturated rings. The third kappa shape index (κ3) is 4.61. The van der Waals surface area contributed by atoms with Gasteiger partial charge in [0.1, 0.15) is 17.3 Å². The summed E-state index contributed by atoms with van der Waals surface area (Å²) in [7, 11) is 3.02. The first-order valence-corrected chi connectivity index (χ1v) is 9.75. The summed E-state index contributed by atoms with van der Waals surface area (Å²) in [5.74, 6) is 1.95. The van der Waals surface area contributed by atoms with E-state index in [2.05, 4.69) is 10.5 Å². The molecule has 6 nitrogen and oxygen atoms in total. The van der Waals surface area contributed by atoms with Crippen LogP contribution in [-0.2, 0) is 5.75 Å². The van der Waals surface area contributed by atoms with Crippen molar-refractivity contribution < 1.29 is 18.8 Å². The number of hydrogen-bond donors (Lipinski definition) is 1. The number of methoxy groups -OCH3 is 2. The lowest BCUT2D eigenvalue weighted by atomic mass is 10.2. The summed E-state index contributed by atoms with van der Waals surface area (Å²) in [5.41, 5.74) is 1.84. The number of rotatable bonds is 7. The zero-order valence-corrected chi connectivity index (χ0v) is 17.2. The van der Waals surface area contributed by atoms with Crippen LogP contribution in [0.3, 0.4) is 0 Å². The van der Waals surface area contributed by atoms with Gasteiger partial charge >= 0.3 is 0 Å². The van der Waals surface area contributed by atoms with Crippen molar-refractivity contribution in [1.29, 1.82) is 0 Å². The van der Waals surface area contributed by atoms with Crippen LogP contribution in [0.1, 0.15) is 21.8 Å². The molecule has 0 aliphatic rings. The lowest BCUT2D eigenvalue weighted by molar-refractivity contribution is 0.102. The second kappa shape index (κ2) is 9.03. The van der Waals surface area contributed by atoms with Crippen molar-refractivity contribution in [3.05, 3.63) is 64.5 Å². The molecule has 0 aliphatic carbocycles. The Kier molecular flexibility index (Phi) is 6.49. The number of anilines is 1. The van der Waals surface area contributed by atoms with Gasteiger partial charge in [-0.15, -0.1) is 11.8 Å². The second-order valence-electron chi connectivity index (χ2n) is 5.86. The first kappa shape index (κ1) is 20.1. The number of carbonyl (C=O) groups excluding carboxylic acids is 1. The van der Waals surface area contributed by atoms with Gasteiger partial charge in [-0.3, -0.25) is 4.79 Å². The molecule has 0 unspecified atom stereocenters. The topological polar surface area (TPSA) is 73.6 Å². The molecule has 28 heavy (non-hydrogen) atoms. The zero-order valence-electron chi connectivity index (χ0n) is 15.6. The molecule has 0 radical (unpaired) electrons. The molecule has 1 amide bonds. The van der Waals surface area contributed by atoms with Crippen LogP contribution in [0.5, 0.6) is 11.5 Å². The number of aromatic nitrogens is 1. The molecule has 3 rings (SSSR count). The molecular formula is C20H19ClN2O4S. The summed E-state index contributed by atoms with van der Waals surface area (Å²) in [6.45, 7) is 1.87. The van der Waals surface area contributed by atoms with Gasteiger partial charge in [-0.05, 0) is 19.1 Å². The molecule has 0 saturated carbocycles. The molecule has 0 saturated heterocycles. The van der Waals surface area contributed by atoms with Gasteiger partial charge < -0.3 is 19.3 Å². The van der Waals surface area contributed by atoms with E-state index in [-0.39, 0.29) is 5.91 Å². The average molecular weight is 419 g/mol. The highest BCUT2D eigenvalue weighted by molar-refractivity contribution is 7.98. The number of nitrogens with zero attached hydrogens (tertiary/aromatic N) is 1. The standard InChI is InChI=1S/C20H19ClN2O4S/c1-12-8-13(27-23-12)11-28-19-7-5-4-6-14(19)20(24)22-16-10-17(25-2)15(21)9-18(16)26-3/h4-10H,11H2,1-3H3,(H,22,24). The maximum Gasteiger partial charge on any atom is 0.256 e. The minimum absolute atomic E-state index is 0.264. The molecule has 0 atom stereocenters. The normalized spacial score (nSPS) is 10.6. The Morgan fingerprint density at radius 3 is 2.61 bits per heavy atom. The first-order valence-electron chi connectivity index (χ1n) is 8.38. The zero-order chi connectivity index (χ0) is 20.1. The van der Waals surface area contributed by atoms with Crippen molar-refractivity contribution >= 4 is 35.0 Å². The Hall–Kier alpha value is -2.64. The van der Waals surface area contributed by atoms with Crippen molar-refractivity contribution in [3.63, 3.8) is 0 Å².